The number of ketones is 1. The van der Waals surface area contributed by atoms with Crippen LogP contribution in [0.5, 0.6) is 11.5 Å². The number of Topliss-reactive ketones (excluding diaryl/α,β-unsaturated/α-hetero) is 1. The molecule has 35 heavy (non-hydrogen) atoms. The van der Waals surface area contributed by atoms with Crippen molar-refractivity contribution in [3.63, 3.8) is 0 Å². The van der Waals surface area contributed by atoms with E-state index in [0.717, 1.165) is 10.4 Å². The molecule has 0 unspecified atom stereocenters. The van der Waals surface area contributed by atoms with Gasteiger partial charge in [-0.05, 0) is 35.9 Å². The number of esters is 1. The summed E-state index contributed by atoms with van der Waals surface area (Å²) in [5, 5.41) is 2.85. The van der Waals surface area contributed by atoms with Gasteiger partial charge in [-0.15, -0.1) is 11.3 Å². The van der Waals surface area contributed by atoms with Crippen LogP contribution in [0.1, 0.15) is 51.2 Å². The van der Waals surface area contributed by atoms with Crippen molar-refractivity contribution in [3.05, 3.63) is 81.5 Å². The Morgan fingerprint density at radius 2 is 1.69 bits per heavy atom. The van der Waals surface area contributed by atoms with E-state index in [-0.39, 0.29) is 23.9 Å². The van der Waals surface area contributed by atoms with Gasteiger partial charge in [0.05, 0.1) is 24.1 Å². The lowest BCUT2D eigenvalue weighted by atomic mass is 9.96. The largest absolute Gasteiger partial charge is 0.493 e. The fraction of sp³-hybridized carbons (Fsp3) is 0.296. The van der Waals surface area contributed by atoms with Crippen molar-refractivity contribution in [2.24, 2.45) is 5.41 Å². The molecule has 0 aliphatic rings. The molecule has 0 fully saturated rings. The van der Waals surface area contributed by atoms with Crippen LogP contribution < -0.4 is 14.8 Å². The third-order valence-electron chi connectivity index (χ3n) is 5.01. The van der Waals surface area contributed by atoms with Crippen LogP contribution in [0.2, 0.25) is 0 Å². The summed E-state index contributed by atoms with van der Waals surface area (Å²) < 4.78 is 16.4. The monoisotopic (exact) mass is 495 g/mol. The van der Waals surface area contributed by atoms with Gasteiger partial charge in [0, 0.05) is 10.3 Å². The molecule has 0 atom stereocenters. The zero-order valence-electron chi connectivity index (χ0n) is 20.3. The van der Waals surface area contributed by atoms with Crippen LogP contribution in [0, 0.1) is 5.41 Å². The highest BCUT2D eigenvalue weighted by Gasteiger charge is 2.21. The minimum Gasteiger partial charge on any atom is -0.493 e. The fourth-order valence-corrected chi connectivity index (χ4v) is 3.86. The molecule has 1 heterocycles. The van der Waals surface area contributed by atoms with Gasteiger partial charge in [0.1, 0.15) is 6.61 Å². The number of hydrogen-bond donors (Lipinski definition) is 1. The first kappa shape index (κ1) is 26.0. The molecule has 0 saturated carbocycles. The Balaban J connectivity index is 1.53. The van der Waals surface area contributed by atoms with Crippen molar-refractivity contribution in [1.82, 2.24) is 5.32 Å². The number of amides is 1. The maximum atomic E-state index is 12.5. The highest BCUT2D eigenvalue weighted by atomic mass is 32.1. The molecule has 7 nitrogen and oxygen atoms in total. The molecule has 0 spiro atoms. The van der Waals surface area contributed by atoms with E-state index in [0.29, 0.717) is 29.5 Å². The van der Waals surface area contributed by atoms with Crippen LogP contribution in [0.3, 0.4) is 0 Å². The van der Waals surface area contributed by atoms with Gasteiger partial charge in [0.15, 0.2) is 18.1 Å². The van der Waals surface area contributed by atoms with Gasteiger partial charge in [0.25, 0.3) is 0 Å². The highest BCUT2D eigenvalue weighted by molar-refractivity contribution is 7.14. The zero-order chi connectivity index (χ0) is 25.4. The van der Waals surface area contributed by atoms with Crippen molar-refractivity contribution < 1.29 is 28.6 Å². The average Bonchev–Trinajstić information content (AvgIpc) is 3.33. The van der Waals surface area contributed by atoms with E-state index in [2.05, 4.69) is 5.32 Å². The van der Waals surface area contributed by atoms with Gasteiger partial charge < -0.3 is 19.5 Å². The number of nitrogens with one attached hydrogen (secondary N) is 1. The molecule has 1 N–H and O–H groups in total. The Morgan fingerprint density at radius 1 is 0.943 bits per heavy atom. The Hall–Kier alpha value is -3.65. The third kappa shape index (κ3) is 7.42. The molecule has 184 valence electrons. The van der Waals surface area contributed by atoms with Crippen LogP contribution in [0.15, 0.2) is 60.7 Å². The first-order valence-corrected chi connectivity index (χ1v) is 11.9. The summed E-state index contributed by atoms with van der Waals surface area (Å²) in [7, 11) is 1.49. The Bertz CT molecular complexity index is 1180. The van der Waals surface area contributed by atoms with E-state index in [1.807, 2.05) is 51.1 Å². The molecule has 3 rings (SSSR count). The highest BCUT2D eigenvalue weighted by Crippen LogP contribution is 2.29. The van der Waals surface area contributed by atoms with Crippen LogP contribution >= 0.6 is 11.3 Å². The third-order valence-corrected chi connectivity index (χ3v) is 6.14. The van der Waals surface area contributed by atoms with E-state index in [1.165, 1.54) is 24.5 Å². The molecule has 0 aliphatic carbocycles. The number of ether oxygens (including phenoxy) is 3. The topological polar surface area (TPSA) is 90.9 Å². The standard InChI is InChI=1S/C27H29NO6S/c1-27(2,3)26(31)28-15-20-11-13-24(35-20)21(29)17-34-25(30)19-10-12-22(23(14-19)32-4)33-16-18-8-6-5-7-9-18/h5-14H,15-17H2,1-4H3,(H,28,31). The molecule has 1 aromatic heterocycles. The predicted octanol–water partition coefficient (Wildman–Crippen LogP) is 5.04. The maximum absolute atomic E-state index is 12.5. The number of rotatable bonds is 10. The van der Waals surface area contributed by atoms with Crippen molar-refractivity contribution >= 4 is 29.0 Å². The lowest BCUT2D eigenvalue weighted by Crippen LogP contribution is -2.34. The van der Waals surface area contributed by atoms with Crippen molar-refractivity contribution in [1.29, 1.82) is 0 Å². The molecule has 2 aromatic carbocycles. The number of carbonyl (C=O) groups is 3. The van der Waals surface area contributed by atoms with E-state index in [1.54, 1.807) is 24.3 Å². The fourth-order valence-electron chi connectivity index (χ4n) is 2.99. The summed E-state index contributed by atoms with van der Waals surface area (Å²) in [6, 6.07) is 17.9. The average molecular weight is 496 g/mol. The van der Waals surface area contributed by atoms with Gasteiger partial charge >= 0.3 is 5.97 Å². The van der Waals surface area contributed by atoms with Crippen LogP contribution in [-0.4, -0.2) is 31.4 Å². The summed E-state index contributed by atoms with van der Waals surface area (Å²) in [5.74, 6) is -0.137. The molecule has 0 saturated heterocycles. The number of methoxy groups -OCH3 is 1. The Kier molecular flexibility index (Phi) is 8.65. The molecule has 8 heteroatoms. The van der Waals surface area contributed by atoms with E-state index >= 15 is 0 Å². The van der Waals surface area contributed by atoms with Gasteiger partial charge in [-0.25, -0.2) is 4.79 Å². The van der Waals surface area contributed by atoms with Crippen LogP contribution in [-0.2, 0) is 22.7 Å². The SMILES string of the molecule is COc1cc(C(=O)OCC(=O)c2ccc(CNC(=O)C(C)(C)C)s2)ccc1OCc1ccccc1. The number of carbonyl (C=O) groups excluding carboxylic acids is 3. The van der Waals surface area contributed by atoms with Gasteiger partial charge in [-0.1, -0.05) is 51.1 Å². The van der Waals surface area contributed by atoms with Crippen LogP contribution in [0.25, 0.3) is 0 Å². The number of hydrogen-bond acceptors (Lipinski definition) is 7. The summed E-state index contributed by atoms with van der Waals surface area (Å²) >= 11 is 1.26. The maximum Gasteiger partial charge on any atom is 0.338 e. The van der Waals surface area contributed by atoms with Gasteiger partial charge in [-0.2, -0.15) is 0 Å². The second-order valence-electron chi connectivity index (χ2n) is 8.84. The summed E-state index contributed by atoms with van der Waals surface area (Å²) in [6.45, 7) is 5.81. The molecular formula is C27H29NO6S. The van der Waals surface area contributed by atoms with Crippen LogP contribution in [0.4, 0.5) is 0 Å². The van der Waals surface area contributed by atoms with E-state index < -0.39 is 11.4 Å². The van der Waals surface area contributed by atoms with Crippen molar-refractivity contribution in [2.45, 2.75) is 33.9 Å². The Labute approximate surface area is 209 Å². The van der Waals surface area contributed by atoms with Gasteiger partial charge in [-0.3, -0.25) is 9.59 Å². The molecule has 0 bridgehead atoms. The minimum absolute atomic E-state index is 0.0698. The molecule has 0 aliphatic heterocycles. The van der Waals surface area contributed by atoms with Crippen molar-refractivity contribution in [3.8, 4) is 11.5 Å². The second-order valence-corrected chi connectivity index (χ2v) is 10.0. The summed E-state index contributed by atoms with van der Waals surface area (Å²) in [5.41, 5.74) is 0.766. The lowest BCUT2D eigenvalue weighted by Gasteiger charge is -2.17. The lowest BCUT2D eigenvalue weighted by molar-refractivity contribution is -0.128. The molecule has 0 radical (unpaired) electrons. The van der Waals surface area contributed by atoms with Gasteiger partial charge in [0.2, 0.25) is 11.7 Å². The normalized spacial score (nSPS) is 11.0. The number of thiophene rings is 1. The summed E-state index contributed by atoms with van der Waals surface area (Å²) in [4.78, 5) is 38.3. The smallest absolute Gasteiger partial charge is 0.338 e. The van der Waals surface area contributed by atoms with E-state index in [4.69, 9.17) is 14.2 Å². The first-order valence-electron chi connectivity index (χ1n) is 11.1. The molecule has 1 amide bonds. The predicted molar refractivity (Wildman–Crippen MR) is 134 cm³/mol. The second kappa shape index (κ2) is 11.7. The quantitative estimate of drug-likeness (QED) is 0.313. The van der Waals surface area contributed by atoms with E-state index in [9.17, 15) is 14.4 Å². The molecule has 3 aromatic rings. The molecular weight excluding hydrogens is 466 g/mol. The zero-order valence-corrected chi connectivity index (χ0v) is 21.1. The first-order chi connectivity index (χ1) is 16.7. The van der Waals surface area contributed by atoms with Crippen molar-refractivity contribution in [2.75, 3.05) is 13.7 Å². The number of benzene rings is 2. The summed E-state index contributed by atoms with van der Waals surface area (Å²) in [6.07, 6.45) is 0. The minimum atomic E-state index is -0.638. The Morgan fingerprint density at radius 3 is 2.37 bits per heavy atom.